The van der Waals surface area contributed by atoms with Gasteiger partial charge in [0.1, 0.15) is 11.4 Å². The number of aromatic nitrogens is 4. The number of halogens is 1. The monoisotopic (exact) mass is 330 g/mol. The maximum absolute atomic E-state index is 14.1. The minimum Gasteiger partial charge on any atom is -0.507 e. The van der Waals surface area contributed by atoms with Crippen molar-refractivity contribution >= 4 is 10.9 Å². The molecule has 0 radical (unpaired) electrons. The van der Waals surface area contributed by atoms with Crippen LogP contribution < -0.4 is 5.56 Å². The Kier molecular flexibility index (Phi) is 3.53. The SMILES string of the molecule is O=c1cc(O)c2c(F)cnc(-c3ccnn3C3CCCCO3)c2[nH]1. The number of fused-ring (bicyclic) bond motifs is 1. The van der Waals surface area contributed by atoms with Gasteiger partial charge in [0.15, 0.2) is 12.0 Å². The molecule has 1 unspecified atom stereocenters. The number of H-pyrrole nitrogens is 1. The summed E-state index contributed by atoms with van der Waals surface area (Å²) < 4.78 is 21.5. The Balaban J connectivity index is 1.94. The minimum atomic E-state index is -0.706. The third kappa shape index (κ3) is 2.35. The molecule has 0 aromatic carbocycles. The highest BCUT2D eigenvalue weighted by Crippen LogP contribution is 2.33. The molecule has 124 valence electrons. The molecule has 24 heavy (non-hydrogen) atoms. The molecule has 1 aliphatic rings. The van der Waals surface area contributed by atoms with Gasteiger partial charge >= 0.3 is 0 Å². The molecule has 0 saturated carbocycles. The van der Waals surface area contributed by atoms with Crippen LogP contribution >= 0.6 is 0 Å². The largest absolute Gasteiger partial charge is 0.507 e. The highest BCUT2D eigenvalue weighted by molar-refractivity contribution is 5.94. The van der Waals surface area contributed by atoms with Crippen LogP contribution in [-0.2, 0) is 4.74 Å². The smallest absolute Gasteiger partial charge is 0.252 e. The van der Waals surface area contributed by atoms with Crippen molar-refractivity contribution in [3.05, 3.63) is 40.7 Å². The van der Waals surface area contributed by atoms with Crippen LogP contribution in [0.2, 0.25) is 0 Å². The number of hydrogen-bond acceptors (Lipinski definition) is 5. The highest BCUT2D eigenvalue weighted by Gasteiger charge is 2.22. The van der Waals surface area contributed by atoms with Gasteiger partial charge in [-0.3, -0.25) is 4.79 Å². The zero-order chi connectivity index (χ0) is 16.7. The molecule has 1 fully saturated rings. The molecule has 2 N–H and O–H groups in total. The van der Waals surface area contributed by atoms with Gasteiger partial charge in [-0.05, 0) is 25.3 Å². The van der Waals surface area contributed by atoms with E-state index in [0.29, 0.717) is 18.0 Å². The number of rotatable bonds is 2. The fraction of sp³-hybridized carbons (Fsp3) is 0.312. The van der Waals surface area contributed by atoms with Crippen LogP contribution in [0.4, 0.5) is 4.39 Å². The number of hydrogen-bond donors (Lipinski definition) is 2. The van der Waals surface area contributed by atoms with Crippen LogP contribution in [0.15, 0.2) is 29.3 Å². The first-order valence-electron chi connectivity index (χ1n) is 7.71. The summed E-state index contributed by atoms with van der Waals surface area (Å²) in [5.41, 5.74) is 0.533. The molecule has 8 heteroatoms. The average molecular weight is 330 g/mol. The first kappa shape index (κ1) is 14.8. The lowest BCUT2D eigenvalue weighted by Crippen LogP contribution is -2.20. The van der Waals surface area contributed by atoms with Gasteiger partial charge in [0.05, 0.1) is 22.8 Å². The van der Waals surface area contributed by atoms with E-state index in [1.807, 2.05) is 0 Å². The van der Waals surface area contributed by atoms with Crippen molar-refractivity contribution in [2.45, 2.75) is 25.5 Å². The number of ether oxygens (including phenoxy) is 1. The number of nitrogens with zero attached hydrogens (tertiary/aromatic N) is 3. The maximum Gasteiger partial charge on any atom is 0.252 e. The van der Waals surface area contributed by atoms with Crippen LogP contribution in [0, 0.1) is 5.82 Å². The second-order valence-corrected chi connectivity index (χ2v) is 5.71. The lowest BCUT2D eigenvalue weighted by Gasteiger charge is -2.24. The molecule has 1 atom stereocenters. The predicted octanol–water partition coefficient (Wildman–Crippen LogP) is 2.33. The van der Waals surface area contributed by atoms with Crippen molar-refractivity contribution < 1.29 is 14.2 Å². The van der Waals surface area contributed by atoms with Gasteiger partial charge < -0.3 is 14.8 Å². The molecule has 0 amide bonds. The molecule has 7 nitrogen and oxygen atoms in total. The zero-order valence-electron chi connectivity index (χ0n) is 12.7. The Morgan fingerprint density at radius 1 is 1.42 bits per heavy atom. The van der Waals surface area contributed by atoms with E-state index in [0.717, 1.165) is 31.5 Å². The zero-order valence-corrected chi connectivity index (χ0v) is 12.7. The molecule has 4 heterocycles. The summed E-state index contributed by atoms with van der Waals surface area (Å²) in [5.74, 6) is -1.13. The van der Waals surface area contributed by atoms with E-state index in [2.05, 4.69) is 15.1 Å². The highest BCUT2D eigenvalue weighted by atomic mass is 19.1. The van der Waals surface area contributed by atoms with Crippen molar-refractivity contribution in [3.8, 4) is 17.1 Å². The van der Waals surface area contributed by atoms with Crippen LogP contribution in [0.1, 0.15) is 25.5 Å². The van der Waals surface area contributed by atoms with Crippen LogP contribution in [-0.4, -0.2) is 31.5 Å². The summed E-state index contributed by atoms with van der Waals surface area (Å²) in [7, 11) is 0. The standard InChI is InChI=1S/C16H15FN4O3/c17-9-8-18-15(16-14(9)11(22)7-12(23)20-16)10-4-5-19-21(10)13-3-1-2-6-24-13/h4-5,7-8,13H,1-3,6H2,(H2,20,22,23). The van der Waals surface area contributed by atoms with Gasteiger partial charge in [-0.1, -0.05) is 0 Å². The Hall–Kier alpha value is -2.74. The normalized spacial score (nSPS) is 18.1. The number of aromatic hydroxyl groups is 1. The summed E-state index contributed by atoms with van der Waals surface area (Å²) in [4.78, 5) is 18.4. The summed E-state index contributed by atoms with van der Waals surface area (Å²) in [6, 6.07) is 2.66. The van der Waals surface area contributed by atoms with Crippen molar-refractivity contribution in [1.29, 1.82) is 0 Å². The Bertz CT molecular complexity index is 960. The summed E-state index contributed by atoms with van der Waals surface area (Å²) in [6.45, 7) is 0.652. The van der Waals surface area contributed by atoms with Gasteiger partial charge in [0, 0.05) is 18.9 Å². The van der Waals surface area contributed by atoms with Crippen LogP contribution in [0.5, 0.6) is 5.75 Å². The number of nitrogens with one attached hydrogen (secondary N) is 1. The molecule has 3 aromatic rings. The average Bonchev–Trinajstić information content (AvgIpc) is 3.04. The van der Waals surface area contributed by atoms with Crippen molar-refractivity contribution in [2.24, 2.45) is 0 Å². The van der Waals surface area contributed by atoms with Gasteiger partial charge in [-0.25, -0.2) is 14.1 Å². The first-order valence-corrected chi connectivity index (χ1v) is 7.71. The first-order chi connectivity index (χ1) is 11.6. The fourth-order valence-corrected chi connectivity index (χ4v) is 3.06. The Labute approximate surface area is 135 Å². The lowest BCUT2D eigenvalue weighted by molar-refractivity contribution is -0.0383. The topological polar surface area (TPSA) is 93.0 Å². The molecule has 3 aromatic heterocycles. The van der Waals surface area contributed by atoms with E-state index >= 15 is 0 Å². The molecular formula is C16H15FN4O3. The lowest BCUT2D eigenvalue weighted by atomic mass is 10.1. The molecule has 0 aliphatic carbocycles. The predicted molar refractivity (Wildman–Crippen MR) is 84.0 cm³/mol. The third-order valence-corrected chi connectivity index (χ3v) is 4.15. The van der Waals surface area contributed by atoms with E-state index in [4.69, 9.17) is 4.74 Å². The van der Waals surface area contributed by atoms with E-state index in [1.165, 1.54) is 0 Å². The molecular weight excluding hydrogens is 315 g/mol. The second kappa shape index (κ2) is 5.72. The Morgan fingerprint density at radius 3 is 3.08 bits per heavy atom. The van der Waals surface area contributed by atoms with Crippen molar-refractivity contribution in [1.82, 2.24) is 19.7 Å². The van der Waals surface area contributed by atoms with E-state index in [9.17, 15) is 14.3 Å². The molecule has 0 spiro atoms. The van der Waals surface area contributed by atoms with Gasteiger partial charge in [-0.2, -0.15) is 5.10 Å². The van der Waals surface area contributed by atoms with E-state index in [1.54, 1.807) is 16.9 Å². The van der Waals surface area contributed by atoms with Crippen molar-refractivity contribution in [3.63, 3.8) is 0 Å². The van der Waals surface area contributed by atoms with Gasteiger partial charge in [0.2, 0.25) is 0 Å². The number of pyridine rings is 2. The van der Waals surface area contributed by atoms with Crippen LogP contribution in [0.25, 0.3) is 22.3 Å². The molecule has 1 aliphatic heterocycles. The molecule has 1 saturated heterocycles. The summed E-state index contributed by atoms with van der Waals surface area (Å²) >= 11 is 0. The fourth-order valence-electron chi connectivity index (χ4n) is 3.06. The molecule has 0 bridgehead atoms. The Morgan fingerprint density at radius 2 is 2.29 bits per heavy atom. The third-order valence-electron chi connectivity index (χ3n) is 4.15. The second-order valence-electron chi connectivity index (χ2n) is 5.71. The van der Waals surface area contributed by atoms with Gasteiger partial charge in [0.25, 0.3) is 5.56 Å². The number of aromatic amines is 1. The van der Waals surface area contributed by atoms with Gasteiger partial charge in [-0.15, -0.1) is 0 Å². The van der Waals surface area contributed by atoms with Crippen molar-refractivity contribution in [2.75, 3.05) is 6.61 Å². The summed E-state index contributed by atoms with van der Waals surface area (Å²) in [5, 5.41) is 14.2. The minimum absolute atomic E-state index is 0.0723. The maximum atomic E-state index is 14.1. The van der Waals surface area contributed by atoms with Crippen LogP contribution in [0.3, 0.4) is 0 Å². The molecule has 4 rings (SSSR count). The van der Waals surface area contributed by atoms with E-state index in [-0.39, 0.29) is 17.1 Å². The quantitative estimate of drug-likeness (QED) is 0.752. The summed E-state index contributed by atoms with van der Waals surface area (Å²) in [6.07, 6.45) is 5.25. The van der Waals surface area contributed by atoms with E-state index < -0.39 is 17.1 Å².